The number of amides is 1. The van der Waals surface area contributed by atoms with E-state index in [-0.39, 0.29) is 10.0 Å². The van der Waals surface area contributed by atoms with Crippen molar-refractivity contribution in [2.75, 3.05) is 20.2 Å². The number of nitrogens with zero attached hydrogens (tertiary/aromatic N) is 2. The van der Waals surface area contributed by atoms with E-state index >= 15 is 0 Å². The fourth-order valence-corrected chi connectivity index (χ4v) is 2.51. The number of pyridine rings is 1. The molecule has 1 N–H and O–H groups in total. The van der Waals surface area contributed by atoms with Crippen LogP contribution in [0.1, 0.15) is 10.4 Å². The Morgan fingerprint density at radius 3 is 2.73 bits per heavy atom. The maximum Gasteiger partial charge on any atom is 0.351 e. The van der Waals surface area contributed by atoms with Crippen LogP contribution in [0.4, 0.5) is 14.5 Å². The molecule has 1 amide bonds. The molecule has 7 heteroatoms. The van der Waals surface area contributed by atoms with Crippen LogP contribution >= 0.6 is 0 Å². The first-order chi connectivity index (χ1) is 10.4. The summed E-state index contributed by atoms with van der Waals surface area (Å²) in [4.78, 5) is 16.8. The highest BCUT2D eigenvalue weighted by molar-refractivity contribution is 6.03. The third kappa shape index (κ3) is 2.10. The number of benzene rings is 1. The quantitative estimate of drug-likeness (QED) is 0.821. The second-order valence-electron chi connectivity index (χ2n) is 5.20. The van der Waals surface area contributed by atoms with Crippen molar-refractivity contribution in [1.82, 2.24) is 9.47 Å². The predicted molar refractivity (Wildman–Crippen MR) is 74.7 cm³/mol. The lowest BCUT2D eigenvalue weighted by atomic mass is 10.1. The molecule has 0 aliphatic carbocycles. The first-order valence-corrected chi connectivity index (χ1v) is 6.59. The SMILES string of the molecule is C[N+]1(C(=O)c2cc(F)c(O)c(F)c2)CCOc2ccncc21. The summed E-state index contributed by atoms with van der Waals surface area (Å²) in [7, 11) is 1.63. The summed E-state index contributed by atoms with van der Waals surface area (Å²) in [6.07, 6.45) is 3.04. The number of phenolic OH excluding ortho intramolecular Hbond substituents is 1. The van der Waals surface area contributed by atoms with Crippen molar-refractivity contribution < 1.29 is 23.4 Å². The number of hydrogen-bond acceptors (Lipinski definition) is 4. The van der Waals surface area contributed by atoms with Crippen molar-refractivity contribution >= 4 is 11.6 Å². The fraction of sp³-hybridized carbons (Fsp3) is 0.200. The number of fused-ring (bicyclic) bond motifs is 1. The first kappa shape index (κ1) is 14.4. The zero-order valence-corrected chi connectivity index (χ0v) is 11.7. The molecule has 1 unspecified atom stereocenters. The number of rotatable bonds is 1. The van der Waals surface area contributed by atoms with Crippen LogP contribution in [0.25, 0.3) is 0 Å². The third-order valence-electron chi connectivity index (χ3n) is 3.80. The zero-order valence-electron chi connectivity index (χ0n) is 11.7. The van der Waals surface area contributed by atoms with Crippen molar-refractivity contribution in [1.29, 1.82) is 0 Å². The molecular formula is C15H13F2N2O3+. The van der Waals surface area contributed by atoms with E-state index in [0.29, 0.717) is 24.6 Å². The molecule has 114 valence electrons. The number of hydrogen-bond donors (Lipinski definition) is 1. The Kier molecular flexibility index (Phi) is 3.29. The zero-order chi connectivity index (χ0) is 15.9. The van der Waals surface area contributed by atoms with Crippen LogP contribution in [0.3, 0.4) is 0 Å². The Bertz CT molecular complexity index is 743. The molecule has 1 aliphatic rings. The first-order valence-electron chi connectivity index (χ1n) is 6.59. The van der Waals surface area contributed by atoms with Gasteiger partial charge in [0.15, 0.2) is 23.1 Å². The molecule has 0 saturated heterocycles. The molecule has 1 aromatic carbocycles. The molecule has 0 saturated carbocycles. The molecule has 2 heterocycles. The maximum absolute atomic E-state index is 13.5. The molecule has 1 aliphatic heterocycles. The smallest absolute Gasteiger partial charge is 0.351 e. The van der Waals surface area contributed by atoms with Gasteiger partial charge < -0.3 is 9.84 Å². The van der Waals surface area contributed by atoms with Gasteiger partial charge >= 0.3 is 5.91 Å². The summed E-state index contributed by atoms with van der Waals surface area (Å²) in [6, 6.07) is 3.29. The second-order valence-corrected chi connectivity index (χ2v) is 5.20. The van der Waals surface area contributed by atoms with Crippen molar-refractivity contribution in [2.45, 2.75) is 0 Å². The van der Waals surface area contributed by atoms with E-state index in [0.717, 1.165) is 12.1 Å². The lowest BCUT2D eigenvalue weighted by Crippen LogP contribution is -2.55. The van der Waals surface area contributed by atoms with Gasteiger partial charge in [-0.2, -0.15) is 0 Å². The highest BCUT2D eigenvalue weighted by Gasteiger charge is 2.41. The van der Waals surface area contributed by atoms with E-state index < -0.39 is 23.3 Å². The minimum atomic E-state index is -1.17. The summed E-state index contributed by atoms with van der Waals surface area (Å²) >= 11 is 0. The highest BCUT2D eigenvalue weighted by atomic mass is 19.1. The Hall–Kier alpha value is -2.54. The Balaban J connectivity index is 2.10. The summed E-state index contributed by atoms with van der Waals surface area (Å²) in [6.45, 7) is 0.601. The summed E-state index contributed by atoms with van der Waals surface area (Å²) < 4.78 is 32.3. The van der Waals surface area contributed by atoms with Crippen molar-refractivity contribution in [3.8, 4) is 11.5 Å². The average molecular weight is 307 g/mol. The number of carbonyl (C=O) groups excluding carboxylic acids is 1. The topological polar surface area (TPSA) is 59.4 Å². The van der Waals surface area contributed by atoms with Crippen LogP contribution in [0.15, 0.2) is 30.6 Å². The third-order valence-corrected chi connectivity index (χ3v) is 3.80. The van der Waals surface area contributed by atoms with Crippen LogP contribution in [0, 0.1) is 11.6 Å². The number of ether oxygens (including phenoxy) is 1. The van der Waals surface area contributed by atoms with Gasteiger partial charge in [-0.15, -0.1) is 0 Å². The second kappa shape index (κ2) is 5.03. The number of carbonyl (C=O) groups is 1. The molecule has 22 heavy (non-hydrogen) atoms. The van der Waals surface area contributed by atoms with Crippen LogP contribution in [-0.4, -0.2) is 36.2 Å². The van der Waals surface area contributed by atoms with E-state index in [1.54, 1.807) is 19.3 Å². The van der Waals surface area contributed by atoms with Crippen molar-refractivity contribution in [2.24, 2.45) is 0 Å². The lowest BCUT2D eigenvalue weighted by molar-refractivity contribution is 0.0747. The summed E-state index contributed by atoms with van der Waals surface area (Å²) in [5.74, 6) is -3.43. The molecule has 0 fully saturated rings. The van der Waals surface area contributed by atoms with Gasteiger partial charge in [0.05, 0.1) is 18.8 Å². The van der Waals surface area contributed by atoms with E-state index in [1.807, 2.05) is 0 Å². The number of aromatic hydroxyl groups is 1. The summed E-state index contributed by atoms with van der Waals surface area (Å²) in [5, 5.41) is 9.15. The summed E-state index contributed by atoms with van der Waals surface area (Å²) in [5.41, 5.74) is 0.361. The van der Waals surface area contributed by atoms with Crippen LogP contribution in [0.2, 0.25) is 0 Å². The molecule has 1 atom stereocenters. The Morgan fingerprint density at radius 1 is 1.36 bits per heavy atom. The van der Waals surface area contributed by atoms with Gasteiger partial charge in [-0.25, -0.2) is 18.1 Å². The predicted octanol–water partition coefficient (Wildman–Crippen LogP) is 2.24. The van der Waals surface area contributed by atoms with Gasteiger partial charge in [-0.05, 0) is 12.1 Å². The van der Waals surface area contributed by atoms with Gasteiger partial charge in [0.1, 0.15) is 13.2 Å². The number of phenols is 1. The van der Waals surface area contributed by atoms with Crippen molar-refractivity contribution in [3.05, 3.63) is 47.8 Å². The van der Waals surface area contributed by atoms with Crippen LogP contribution < -0.4 is 9.22 Å². The molecular weight excluding hydrogens is 294 g/mol. The Labute approximate surface area is 125 Å². The molecule has 5 nitrogen and oxygen atoms in total. The molecule has 0 spiro atoms. The van der Waals surface area contributed by atoms with Gasteiger partial charge in [0.25, 0.3) is 0 Å². The molecule has 3 rings (SSSR count). The van der Waals surface area contributed by atoms with Crippen LogP contribution in [0.5, 0.6) is 11.5 Å². The van der Waals surface area contributed by atoms with E-state index in [9.17, 15) is 13.6 Å². The van der Waals surface area contributed by atoms with Gasteiger partial charge in [-0.1, -0.05) is 0 Å². The monoisotopic (exact) mass is 307 g/mol. The molecule has 2 aromatic rings. The maximum atomic E-state index is 13.5. The number of halogens is 2. The van der Waals surface area contributed by atoms with Gasteiger partial charge in [0.2, 0.25) is 5.69 Å². The van der Waals surface area contributed by atoms with E-state index in [1.165, 1.54) is 6.20 Å². The van der Waals surface area contributed by atoms with Gasteiger partial charge in [0, 0.05) is 12.3 Å². The van der Waals surface area contributed by atoms with E-state index in [2.05, 4.69) is 4.98 Å². The van der Waals surface area contributed by atoms with E-state index in [4.69, 9.17) is 9.84 Å². The molecule has 0 radical (unpaired) electrons. The number of likely N-dealkylation sites (N-methyl/N-ethyl adjacent to an activating group) is 1. The fourth-order valence-electron chi connectivity index (χ4n) is 2.51. The largest absolute Gasteiger partial charge is 0.503 e. The standard InChI is InChI=1S/C15H12F2N2O3/c1-19(4-5-22-13-2-3-18-8-12(13)19)15(21)9-6-10(16)14(20)11(17)7-9/h2-3,6-8H,4-5H2,1H3/p+1. The highest BCUT2D eigenvalue weighted by Crippen LogP contribution is 2.36. The van der Waals surface area contributed by atoms with Crippen LogP contribution in [-0.2, 0) is 0 Å². The Morgan fingerprint density at radius 2 is 2.05 bits per heavy atom. The molecule has 0 bridgehead atoms. The molecule has 1 aromatic heterocycles. The normalized spacial score (nSPS) is 20.1. The van der Waals surface area contributed by atoms with Gasteiger partial charge in [-0.3, -0.25) is 4.98 Å². The van der Waals surface area contributed by atoms with Crippen molar-refractivity contribution in [3.63, 3.8) is 0 Å². The minimum Gasteiger partial charge on any atom is -0.503 e. The minimum absolute atomic E-state index is 0.160. The average Bonchev–Trinajstić information content (AvgIpc) is 2.52. The lowest BCUT2D eigenvalue weighted by Gasteiger charge is -2.35. The number of quaternary nitrogens is 1. The number of aromatic nitrogens is 1.